The van der Waals surface area contributed by atoms with Crippen molar-refractivity contribution in [3.8, 4) is 0 Å². The third-order valence-electron chi connectivity index (χ3n) is 4.87. The molecule has 0 unspecified atom stereocenters. The van der Waals surface area contributed by atoms with Crippen LogP contribution in [0.4, 0.5) is 0 Å². The molecule has 2 heterocycles. The predicted octanol–water partition coefficient (Wildman–Crippen LogP) is 1.10. The van der Waals surface area contributed by atoms with Crippen molar-refractivity contribution < 1.29 is 17.9 Å². The maximum Gasteiger partial charge on any atom is 0.223 e. The zero-order valence-electron chi connectivity index (χ0n) is 14.7. The first-order valence-electron chi connectivity index (χ1n) is 8.67. The quantitative estimate of drug-likeness (QED) is 0.713. The van der Waals surface area contributed by atoms with Crippen molar-refractivity contribution in [2.45, 2.75) is 38.6 Å². The van der Waals surface area contributed by atoms with Crippen LogP contribution < -0.4 is 5.32 Å². The van der Waals surface area contributed by atoms with E-state index in [2.05, 4.69) is 17.1 Å². The maximum absolute atomic E-state index is 12.4. The minimum absolute atomic E-state index is 0. The molecule has 2 fully saturated rings. The summed E-state index contributed by atoms with van der Waals surface area (Å²) in [6, 6.07) is 0.143. The van der Waals surface area contributed by atoms with Gasteiger partial charge in [0.2, 0.25) is 5.91 Å². The molecule has 6 nitrogen and oxygen atoms in total. The summed E-state index contributed by atoms with van der Waals surface area (Å²) in [4.78, 5) is 14.6. The standard InChI is InChI=1S/C16H30N2O4S.ClH/c1-3-4-14-11-18(7-10-23(2,20)21)12-15(14)17-16(19)13-5-8-22-9-6-13;/h13-15H,3-12H2,1-2H3,(H,17,19);1H/t14-,15-;/m0./s1. The minimum atomic E-state index is -2.94. The molecule has 1 N–H and O–H groups in total. The molecule has 0 saturated carbocycles. The molecule has 0 aromatic rings. The Hall–Kier alpha value is -0.370. The van der Waals surface area contributed by atoms with Gasteiger partial charge in [-0.05, 0) is 25.2 Å². The molecule has 0 aromatic heterocycles. The summed E-state index contributed by atoms with van der Waals surface area (Å²) in [7, 11) is -2.94. The number of likely N-dealkylation sites (tertiary alicyclic amines) is 1. The normalized spacial score (nSPS) is 26.1. The van der Waals surface area contributed by atoms with E-state index in [0.717, 1.165) is 38.8 Å². The highest BCUT2D eigenvalue weighted by molar-refractivity contribution is 7.90. The Morgan fingerprint density at radius 1 is 1.25 bits per heavy atom. The zero-order valence-corrected chi connectivity index (χ0v) is 16.3. The molecule has 2 atom stereocenters. The van der Waals surface area contributed by atoms with Gasteiger partial charge in [0.25, 0.3) is 0 Å². The Bertz CT molecular complexity index is 494. The third-order valence-corrected chi connectivity index (χ3v) is 5.80. The van der Waals surface area contributed by atoms with Crippen LogP contribution in [-0.4, -0.2) is 70.1 Å². The average molecular weight is 383 g/mol. The average Bonchev–Trinajstić information content (AvgIpc) is 2.88. The number of nitrogens with one attached hydrogen (secondary N) is 1. The van der Waals surface area contributed by atoms with Crippen LogP contribution in [0, 0.1) is 11.8 Å². The van der Waals surface area contributed by atoms with Crippen LogP contribution in [0.5, 0.6) is 0 Å². The number of nitrogens with zero attached hydrogens (tertiary/aromatic N) is 1. The van der Waals surface area contributed by atoms with Crippen molar-refractivity contribution in [3.05, 3.63) is 0 Å². The number of halogens is 1. The number of ether oxygens (including phenoxy) is 1. The Balaban J connectivity index is 0.00000288. The Kier molecular flexibility index (Phi) is 8.98. The van der Waals surface area contributed by atoms with Crippen LogP contribution in [-0.2, 0) is 19.4 Å². The molecule has 1 amide bonds. The number of sulfone groups is 1. The van der Waals surface area contributed by atoms with E-state index in [9.17, 15) is 13.2 Å². The van der Waals surface area contributed by atoms with Gasteiger partial charge in [-0.15, -0.1) is 12.4 Å². The molecular weight excluding hydrogens is 352 g/mol. The molecule has 2 saturated heterocycles. The van der Waals surface area contributed by atoms with E-state index in [-0.39, 0.29) is 36.0 Å². The van der Waals surface area contributed by atoms with Crippen LogP contribution in [0.25, 0.3) is 0 Å². The largest absolute Gasteiger partial charge is 0.381 e. The lowest BCUT2D eigenvalue weighted by atomic mass is 9.95. The van der Waals surface area contributed by atoms with E-state index in [1.54, 1.807) is 0 Å². The smallest absolute Gasteiger partial charge is 0.223 e. The minimum Gasteiger partial charge on any atom is -0.381 e. The number of carbonyl (C=O) groups excluding carboxylic acids is 1. The van der Waals surface area contributed by atoms with Gasteiger partial charge < -0.3 is 10.1 Å². The first-order valence-corrected chi connectivity index (χ1v) is 10.7. The van der Waals surface area contributed by atoms with Crippen molar-refractivity contribution in [2.75, 3.05) is 44.9 Å². The number of hydrogen-bond acceptors (Lipinski definition) is 5. The van der Waals surface area contributed by atoms with E-state index in [0.29, 0.717) is 25.7 Å². The van der Waals surface area contributed by atoms with Gasteiger partial charge in [0.15, 0.2) is 0 Å². The topological polar surface area (TPSA) is 75.7 Å². The fourth-order valence-corrected chi connectivity index (χ4v) is 4.12. The summed E-state index contributed by atoms with van der Waals surface area (Å²) in [5, 5.41) is 3.23. The van der Waals surface area contributed by atoms with Gasteiger partial charge in [-0.3, -0.25) is 9.69 Å². The lowest BCUT2D eigenvalue weighted by molar-refractivity contribution is -0.128. The molecular formula is C16H31ClN2O4S. The van der Waals surface area contributed by atoms with E-state index >= 15 is 0 Å². The van der Waals surface area contributed by atoms with Gasteiger partial charge in [0.05, 0.1) is 5.75 Å². The van der Waals surface area contributed by atoms with Gasteiger partial charge in [-0.2, -0.15) is 0 Å². The molecule has 0 spiro atoms. The van der Waals surface area contributed by atoms with Crippen LogP contribution in [0.3, 0.4) is 0 Å². The lowest BCUT2D eigenvalue weighted by Crippen LogP contribution is -2.44. The highest BCUT2D eigenvalue weighted by atomic mass is 35.5. The van der Waals surface area contributed by atoms with Gasteiger partial charge in [-0.1, -0.05) is 13.3 Å². The summed E-state index contributed by atoms with van der Waals surface area (Å²) >= 11 is 0. The molecule has 24 heavy (non-hydrogen) atoms. The van der Waals surface area contributed by atoms with Crippen LogP contribution in [0.2, 0.25) is 0 Å². The summed E-state index contributed by atoms with van der Waals surface area (Å²) in [5.41, 5.74) is 0. The fraction of sp³-hybridized carbons (Fsp3) is 0.938. The van der Waals surface area contributed by atoms with Gasteiger partial charge in [0, 0.05) is 51.1 Å². The molecule has 0 bridgehead atoms. The zero-order chi connectivity index (χ0) is 16.9. The molecule has 2 rings (SSSR count). The summed E-state index contributed by atoms with van der Waals surface area (Å²) in [5.74, 6) is 0.816. The summed E-state index contributed by atoms with van der Waals surface area (Å²) < 4.78 is 28.0. The van der Waals surface area contributed by atoms with E-state index in [1.807, 2.05) is 0 Å². The molecule has 8 heteroatoms. The second kappa shape index (κ2) is 9.94. The first kappa shape index (κ1) is 21.7. The van der Waals surface area contributed by atoms with Crippen molar-refractivity contribution >= 4 is 28.2 Å². The van der Waals surface area contributed by atoms with E-state index in [1.165, 1.54) is 6.26 Å². The molecule has 2 aliphatic rings. The Morgan fingerprint density at radius 3 is 2.50 bits per heavy atom. The number of amides is 1. The molecule has 2 aliphatic heterocycles. The summed E-state index contributed by atoms with van der Waals surface area (Å²) in [6.45, 7) is 5.68. The molecule has 142 valence electrons. The fourth-order valence-electron chi connectivity index (χ4n) is 3.53. The second-order valence-corrected chi connectivity index (χ2v) is 9.20. The third kappa shape index (κ3) is 6.86. The number of rotatable bonds is 7. The maximum atomic E-state index is 12.4. The molecule has 0 radical (unpaired) electrons. The van der Waals surface area contributed by atoms with E-state index < -0.39 is 9.84 Å². The lowest BCUT2D eigenvalue weighted by Gasteiger charge is -2.25. The monoisotopic (exact) mass is 382 g/mol. The Morgan fingerprint density at radius 2 is 1.92 bits per heavy atom. The molecule has 0 aromatic carbocycles. The number of hydrogen-bond donors (Lipinski definition) is 1. The SMILES string of the molecule is CCC[C@H]1CN(CCS(C)(=O)=O)C[C@@H]1NC(=O)C1CCOCC1.Cl. The Labute approximate surface area is 152 Å². The van der Waals surface area contributed by atoms with Crippen molar-refractivity contribution in [2.24, 2.45) is 11.8 Å². The van der Waals surface area contributed by atoms with Crippen LogP contribution in [0.15, 0.2) is 0 Å². The second-order valence-electron chi connectivity index (χ2n) is 6.94. The van der Waals surface area contributed by atoms with E-state index in [4.69, 9.17) is 4.74 Å². The van der Waals surface area contributed by atoms with Crippen LogP contribution >= 0.6 is 12.4 Å². The van der Waals surface area contributed by atoms with Gasteiger partial charge >= 0.3 is 0 Å². The predicted molar refractivity (Wildman–Crippen MR) is 97.3 cm³/mol. The van der Waals surface area contributed by atoms with Gasteiger partial charge in [0.1, 0.15) is 9.84 Å². The van der Waals surface area contributed by atoms with Crippen molar-refractivity contribution in [1.29, 1.82) is 0 Å². The summed E-state index contributed by atoms with van der Waals surface area (Å²) in [6.07, 6.45) is 5.02. The van der Waals surface area contributed by atoms with Crippen molar-refractivity contribution in [1.82, 2.24) is 10.2 Å². The highest BCUT2D eigenvalue weighted by Crippen LogP contribution is 2.23. The number of carbonyl (C=O) groups is 1. The highest BCUT2D eigenvalue weighted by Gasteiger charge is 2.34. The van der Waals surface area contributed by atoms with Gasteiger partial charge in [-0.25, -0.2) is 8.42 Å². The van der Waals surface area contributed by atoms with Crippen molar-refractivity contribution in [3.63, 3.8) is 0 Å². The molecule has 0 aliphatic carbocycles. The first-order chi connectivity index (χ1) is 10.9. The van der Waals surface area contributed by atoms with Crippen LogP contribution in [0.1, 0.15) is 32.6 Å².